The molecule has 0 unspecified atom stereocenters. The standard InChI is InChI=1S/C18H23N3O3/c1-5-17(23)16-9-12-8-13(11(2)22)14(10-15(12)20-16)18(24)19-6-7-21(3)4/h8-10,20H,5-7H2,1-4H3,(H,19,24). The van der Waals surface area contributed by atoms with E-state index in [1.54, 1.807) is 25.1 Å². The predicted molar refractivity (Wildman–Crippen MR) is 93.8 cm³/mol. The van der Waals surface area contributed by atoms with E-state index in [4.69, 9.17) is 0 Å². The summed E-state index contributed by atoms with van der Waals surface area (Å²) in [4.78, 5) is 41.2. The summed E-state index contributed by atoms with van der Waals surface area (Å²) in [6, 6.07) is 5.03. The Balaban J connectivity index is 2.39. The monoisotopic (exact) mass is 329 g/mol. The van der Waals surface area contributed by atoms with Crippen molar-refractivity contribution < 1.29 is 14.4 Å². The quantitative estimate of drug-likeness (QED) is 0.763. The van der Waals surface area contributed by atoms with Gasteiger partial charge in [0, 0.05) is 36.0 Å². The van der Waals surface area contributed by atoms with E-state index in [-0.39, 0.29) is 17.5 Å². The van der Waals surface area contributed by atoms with Gasteiger partial charge in [-0.05, 0) is 39.2 Å². The largest absolute Gasteiger partial charge is 0.352 e. The van der Waals surface area contributed by atoms with E-state index in [0.29, 0.717) is 41.8 Å². The summed E-state index contributed by atoms with van der Waals surface area (Å²) in [5.74, 6) is -0.478. The number of ketones is 2. The lowest BCUT2D eigenvalue weighted by Crippen LogP contribution is -2.32. The van der Waals surface area contributed by atoms with E-state index in [0.717, 1.165) is 5.39 Å². The summed E-state index contributed by atoms with van der Waals surface area (Å²) < 4.78 is 0. The van der Waals surface area contributed by atoms with Gasteiger partial charge in [-0.15, -0.1) is 0 Å². The zero-order valence-electron chi connectivity index (χ0n) is 14.5. The fourth-order valence-electron chi connectivity index (χ4n) is 2.49. The third-order valence-electron chi connectivity index (χ3n) is 3.85. The van der Waals surface area contributed by atoms with Gasteiger partial charge in [-0.3, -0.25) is 14.4 Å². The fraction of sp³-hybridized carbons (Fsp3) is 0.389. The molecule has 128 valence electrons. The van der Waals surface area contributed by atoms with E-state index < -0.39 is 0 Å². The van der Waals surface area contributed by atoms with Crippen LogP contribution < -0.4 is 5.32 Å². The third-order valence-corrected chi connectivity index (χ3v) is 3.85. The molecule has 0 aliphatic carbocycles. The van der Waals surface area contributed by atoms with Crippen LogP contribution in [0.25, 0.3) is 10.9 Å². The van der Waals surface area contributed by atoms with Crippen LogP contribution in [0.4, 0.5) is 0 Å². The highest BCUT2D eigenvalue weighted by Crippen LogP contribution is 2.22. The number of benzene rings is 1. The minimum absolute atomic E-state index is 0.00689. The molecule has 1 aromatic carbocycles. The van der Waals surface area contributed by atoms with Crippen molar-refractivity contribution in [2.24, 2.45) is 0 Å². The Hall–Kier alpha value is -2.47. The first-order chi connectivity index (χ1) is 11.3. The van der Waals surface area contributed by atoms with Crippen LogP contribution in [0.5, 0.6) is 0 Å². The molecule has 6 heteroatoms. The number of amides is 1. The summed E-state index contributed by atoms with van der Waals surface area (Å²) in [6.45, 7) is 4.42. The van der Waals surface area contributed by atoms with Gasteiger partial charge in [0.1, 0.15) is 0 Å². The van der Waals surface area contributed by atoms with Crippen molar-refractivity contribution in [2.45, 2.75) is 20.3 Å². The molecule has 0 spiro atoms. The normalized spacial score (nSPS) is 11.0. The highest BCUT2D eigenvalue weighted by molar-refractivity contribution is 6.11. The molecule has 0 aliphatic heterocycles. The molecule has 0 bridgehead atoms. The summed E-state index contributed by atoms with van der Waals surface area (Å²) in [5, 5.41) is 3.57. The molecule has 1 amide bonds. The Morgan fingerprint density at radius 2 is 1.83 bits per heavy atom. The zero-order valence-corrected chi connectivity index (χ0v) is 14.5. The molecule has 0 saturated carbocycles. The molecule has 2 rings (SSSR count). The lowest BCUT2D eigenvalue weighted by molar-refractivity contribution is 0.0936. The number of aromatic amines is 1. The Bertz CT molecular complexity index is 790. The highest BCUT2D eigenvalue weighted by atomic mass is 16.2. The van der Waals surface area contributed by atoms with Gasteiger partial charge in [0.2, 0.25) is 0 Å². The molecule has 0 aliphatic rings. The number of likely N-dealkylation sites (N-methyl/N-ethyl adjacent to an activating group) is 1. The van der Waals surface area contributed by atoms with Crippen LogP contribution in [0.3, 0.4) is 0 Å². The molecular formula is C18H23N3O3. The number of hydrogen-bond acceptors (Lipinski definition) is 4. The SMILES string of the molecule is CCC(=O)c1cc2cc(C(C)=O)c(C(=O)NCCN(C)C)cc2[nH]1. The molecule has 0 atom stereocenters. The predicted octanol–water partition coefficient (Wildman–Crippen LogP) is 2.25. The second kappa shape index (κ2) is 7.40. The number of fused-ring (bicyclic) bond motifs is 1. The van der Waals surface area contributed by atoms with Gasteiger partial charge in [0.25, 0.3) is 5.91 Å². The van der Waals surface area contributed by atoms with Gasteiger partial charge < -0.3 is 15.2 Å². The Morgan fingerprint density at radius 1 is 1.12 bits per heavy atom. The first-order valence-electron chi connectivity index (χ1n) is 7.97. The molecule has 1 aromatic heterocycles. The van der Waals surface area contributed by atoms with Crippen LogP contribution in [0, 0.1) is 0 Å². The van der Waals surface area contributed by atoms with E-state index in [1.165, 1.54) is 6.92 Å². The van der Waals surface area contributed by atoms with Gasteiger partial charge in [0.15, 0.2) is 11.6 Å². The average molecular weight is 329 g/mol. The Kier molecular flexibility index (Phi) is 5.51. The van der Waals surface area contributed by atoms with Crippen LogP contribution in [-0.2, 0) is 0 Å². The maximum atomic E-state index is 12.4. The fourth-order valence-corrected chi connectivity index (χ4v) is 2.49. The lowest BCUT2D eigenvalue weighted by atomic mass is 10.0. The second-order valence-corrected chi connectivity index (χ2v) is 6.06. The highest BCUT2D eigenvalue weighted by Gasteiger charge is 2.17. The number of rotatable bonds is 7. The average Bonchev–Trinajstić information content (AvgIpc) is 2.95. The topological polar surface area (TPSA) is 82.3 Å². The smallest absolute Gasteiger partial charge is 0.252 e. The molecule has 0 fully saturated rings. The number of nitrogens with one attached hydrogen (secondary N) is 2. The minimum Gasteiger partial charge on any atom is -0.352 e. The Labute approximate surface area is 141 Å². The van der Waals surface area contributed by atoms with Crippen molar-refractivity contribution in [3.8, 4) is 0 Å². The Morgan fingerprint density at radius 3 is 2.42 bits per heavy atom. The number of aromatic nitrogens is 1. The van der Waals surface area contributed by atoms with Gasteiger partial charge in [-0.2, -0.15) is 0 Å². The molecule has 1 heterocycles. The van der Waals surface area contributed by atoms with Crippen molar-refractivity contribution in [1.82, 2.24) is 15.2 Å². The summed E-state index contributed by atoms with van der Waals surface area (Å²) in [7, 11) is 3.84. The molecule has 0 saturated heterocycles. The number of hydrogen-bond donors (Lipinski definition) is 2. The first-order valence-corrected chi connectivity index (χ1v) is 7.97. The van der Waals surface area contributed by atoms with Gasteiger partial charge in [0.05, 0.1) is 11.3 Å². The summed E-state index contributed by atoms with van der Waals surface area (Å²) in [6.07, 6.45) is 0.393. The van der Waals surface area contributed by atoms with Crippen molar-refractivity contribution in [3.05, 3.63) is 35.0 Å². The van der Waals surface area contributed by atoms with Crippen LogP contribution in [0.15, 0.2) is 18.2 Å². The van der Waals surface area contributed by atoms with Crippen molar-refractivity contribution >= 4 is 28.4 Å². The van der Waals surface area contributed by atoms with Crippen LogP contribution in [0.2, 0.25) is 0 Å². The maximum absolute atomic E-state index is 12.4. The van der Waals surface area contributed by atoms with Crippen LogP contribution in [0.1, 0.15) is 51.5 Å². The lowest BCUT2D eigenvalue weighted by Gasteiger charge is -2.12. The number of carbonyl (C=O) groups excluding carboxylic acids is 3. The van der Waals surface area contributed by atoms with Crippen LogP contribution in [-0.4, -0.2) is 54.5 Å². The molecule has 0 radical (unpaired) electrons. The molecule has 2 N–H and O–H groups in total. The van der Waals surface area contributed by atoms with Crippen molar-refractivity contribution in [2.75, 3.05) is 27.2 Å². The van der Waals surface area contributed by atoms with Gasteiger partial charge in [-0.25, -0.2) is 0 Å². The first kappa shape index (κ1) is 17.9. The van der Waals surface area contributed by atoms with Crippen LogP contribution >= 0.6 is 0 Å². The molecular weight excluding hydrogens is 306 g/mol. The van der Waals surface area contributed by atoms with Gasteiger partial charge >= 0.3 is 0 Å². The number of H-pyrrole nitrogens is 1. The number of carbonyl (C=O) groups is 3. The van der Waals surface area contributed by atoms with Crippen molar-refractivity contribution in [1.29, 1.82) is 0 Å². The van der Waals surface area contributed by atoms with Gasteiger partial charge in [-0.1, -0.05) is 6.92 Å². The zero-order chi connectivity index (χ0) is 17.9. The number of Topliss-reactive ketones (excluding diaryl/α,β-unsaturated/α-hetero) is 2. The van der Waals surface area contributed by atoms with Crippen molar-refractivity contribution in [3.63, 3.8) is 0 Å². The summed E-state index contributed by atoms with van der Waals surface area (Å²) in [5.41, 5.74) is 1.85. The second-order valence-electron chi connectivity index (χ2n) is 6.06. The third kappa shape index (κ3) is 3.89. The number of nitrogens with zero attached hydrogens (tertiary/aromatic N) is 1. The minimum atomic E-state index is -0.290. The molecule has 2 aromatic rings. The summed E-state index contributed by atoms with van der Waals surface area (Å²) >= 11 is 0. The van der Waals surface area contributed by atoms with E-state index in [9.17, 15) is 14.4 Å². The molecule has 24 heavy (non-hydrogen) atoms. The molecule has 6 nitrogen and oxygen atoms in total. The van der Waals surface area contributed by atoms with E-state index >= 15 is 0 Å². The maximum Gasteiger partial charge on any atom is 0.252 e. The van der Waals surface area contributed by atoms with E-state index in [1.807, 2.05) is 19.0 Å². The van der Waals surface area contributed by atoms with E-state index in [2.05, 4.69) is 10.3 Å².